The molecule has 0 amide bonds. The third-order valence-corrected chi connectivity index (χ3v) is 3.66. The summed E-state index contributed by atoms with van der Waals surface area (Å²) in [4.78, 5) is 11.1. The zero-order valence-corrected chi connectivity index (χ0v) is 10.1. The lowest BCUT2D eigenvalue weighted by molar-refractivity contribution is -0.139. The first-order chi connectivity index (χ1) is 7.89. The molecule has 2 unspecified atom stereocenters. The summed E-state index contributed by atoms with van der Waals surface area (Å²) in [5, 5.41) is 18.6. The predicted molar refractivity (Wildman–Crippen MR) is 62.3 cm³/mol. The van der Waals surface area contributed by atoms with Crippen molar-refractivity contribution in [3.63, 3.8) is 0 Å². The van der Waals surface area contributed by atoms with Gasteiger partial charge in [-0.05, 0) is 23.1 Å². The number of carboxylic acid groups (broad SMARTS) is 1. The van der Waals surface area contributed by atoms with E-state index in [1.807, 2.05) is 13.8 Å². The highest BCUT2D eigenvalue weighted by atomic mass is 16.5. The van der Waals surface area contributed by atoms with E-state index in [1.54, 1.807) is 18.2 Å². The van der Waals surface area contributed by atoms with Gasteiger partial charge in [0.25, 0.3) is 0 Å². The van der Waals surface area contributed by atoms with Crippen molar-refractivity contribution in [2.24, 2.45) is 11.3 Å². The van der Waals surface area contributed by atoms with Crippen molar-refractivity contribution in [2.75, 3.05) is 7.11 Å². The lowest BCUT2D eigenvalue weighted by atomic mass is 10.0. The minimum Gasteiger partial charge on any atom is -0.504 e. The van der Waals surface area contributed by atoms with Gasteiger partial charge in [-0.3, -0.25) is 4.79 Å². The fourth-order valence-corrected chi connectivity index (χ4v) is 2.61. The molecule has 0 heterocycles. The van der Waals surface area contributed by atoms with Gasteiger partial charge in [0, 0.05) is 5.92 Å². The molecule has 2 rings (SSSR count). The fourth-order valence-electron chi connectivity index (χ4n) is 2.61. The van der Waals surface area contributed by atoms with E-state index in [2.05, 4.69) is 0 Å². The number of rotatable bonds is 3. The van der Waals surface area contributed by atoms with Gasteiger partial charge in [-0.25, -0.2) is 0 Å². The summed E-state index contributed by atoms with van der Waals surface area (Å²) in [5.74, 6) is -0.700. The second-order valence-electron chi connectivity index (χ2n) is 5.05. The van der Waals surface area contributed by atoms with Crippen LogP contribution >= 0.6 is 0 Å². The van der Waals surface area contributed by atoms with E-state index < -0.39 is 5.97 Å². The van der Waals surface area contributed by atoms with Crippen LogP contribution in [0.2, 0.25) is 0 Å². The van der Waals surface area contributed by atoms with E-state index in [1.165, 1.54) is 7.11 Å². The van der Waals surface area contributed by atoms with Crippen molar-refractivity contribution in [3.05, 3.63) is 23.8 Å². The Morgan fingerprint density at radius 2 is 2.06 bits per heavy atom. The number of benzene rings is 1. The highest BCUT2D eigenvalue weighted by Gasteiger charge is 2.62. The molecule has 0 spiro atoms. The van der Waals surface area contributed by atoms with Crippen LogP contribution in [0.4, 0.5) is 0 Å². The maximum Gasteiger partial charge on any atom is 0.307 e. The molecule has 0 saturated heterocycles. The van der Waals surface area contributed by atoms with Crippen LogP contribution in [0, 0.1) is 11.3 Å². The van der Waals surface area contributed by atoms with E-state index in [-0.39, 0.29) is 23.0 Å². The molecular weight excluding hydrogens is 220 g/mol. The Labute approximate surface area is 99.8 Å². The molecule has 4 heteroatoms. The Bertz CT molecular complexity index is 464. The number of carbonyl (C=O) groups is 1. The number of phenols is 1. The Morgan fingerprint density at radius 3 is 2.53 bits per heavy atom. The third kappa shape index (κ3) is 1.73. The first kappa shape index (κ1) is 11.8. The minimum atomic E-state index is -0.771. The summed E-state index contributed by atoms with van der Waals surface area (Å²) in [7, 11) is 1.48. The molecule has 17 heavy (non-hydrogen) atoms. The van der Waals surface area contributed by atoms with Crippen LogP contribution in [0.1, 0.15) is 25.3 Å². The topological polar surface area (TPSA) is 66.8 Å². The number of hydrogen-bond acceptors (Lipinski definition) is 3. The van der Waals surface area contributed by atoms with Crippen LogP contribution in [0.5, 0.6) is 11.5 Å². The first-order valence-corrected chi connectivity index (χ1v) is 5.49. The van der Waals surface area contributed by atoms with Crippen molar-refractivity contribution in [2.45, 2.75) is 19.8 Å². The SMILES string of the molecule is COc1cc(C2C(C(=O)O)C2(C)C)ccc1O. The molecule has 0 bridgehead atoms. The predicted octanol–water partition coefficient (Wildman–Crippen LogP) is 2.23. The van der Waals surface area contributed by atoms with Crippen molar-refractivity contribution < 1.29 is 19.7 Å². The number of hydrogen-bond donors (Lipinski definition) is 2. The standard InChI is InChI=1S/C13H16O4/c1-13(2)10(11(13)12(15)16)7-4-5-8(14)9(6-7)17-3/h4-6,10-11,14H,1-3H3,(H,15,16). The van der Waals surface area contributed by atoms with E-state index in [9.17, 15) is 9.90 Å². The van der Waals surface area contributed by atoms with E-state index >= 15 is 0 Å². The second-order valence-corrected chi connectivity index (χ2v) is 5.05. The molecule has 1 aliphatic carbocycles. The summed E-state index contributed by atoms with van der Waals surface area (Å²) in [6, 6.07) is 5.01. The Kier molecular flexibility index (Phi) is 2.53. The number of aromatic hydroxyl groups is 1. The van der Waals surface area contributed by atoms with Gasteiger partial charge in [0.1, 0.15) is 0 Å². The molecule has 0 aliphatic heterocycles. The van der Waals surface area contributed by atoms with Gasteiger partial charge in [-0.15, -0.1) is 0 Å². The number of carboxylic acids is 1. The van der Waals surface area contributed by atoms with Gasteiger partial charge in [0.15, 0.2) is 11.5 Å². The molecule has 1 saturated carbocycles. The molecule has 0 aromatic heterocycles. The average molecular weight is 236 g/mol. The fraction of sp³-hybridized carbons (Fsp3) is 0.462. The molecule has 2 N–H and O–H groups in total. The highest BCUT2D eigenvalue weighted by Crippen LogP contribution is 2.64. The van der Waals surface area contributed by atoms with Gasteiger partial charge < -0.3 is 14.9 Å². The second kappa shape index (κ2) is 3.65. The summed E-state index contributed by atoms with van der Waals surface area (Å²) in [5.41, 5.74) is 0.658. The highest BCUT2D eigenvalue weighted by molar-refractivity contribution is 5.77. The summed E-state index contributed by atoms with van der Waals surface area (Å²) in [6.07, 6.45) is 0. The van der Waals surface area contributed by atoms with Gasteiger partial charge >= 0.3 is 5.97 Å². The zero-order valence-electron chi connectivity index (χ0n) is 10.1. The van der Waals surface area contributed by atoms with Crippen LogP contribution in [-0.4, -0.2) is 23.3 Å². The molecule has 2 atom stereocenters. The van der Waals surface area contributed by atoms with Crippen LogP contribution in [0.25, 0.3) is 0 Å². The van der Waals surface area contributed by atoms with Gasteiger partial charge in [0.2, 0.25) is 0 Å². The normalized spacial score (nSPS) is 25.4. The summed E-state index contributed by atoms with van der Waals surface area (Å²) < 4.78 is 5.03. The third-order valence-electron chi connectivity index (χ3n) is 3.66. The maximum absolute atomic E-state index is 11.1. The number of methoxy groups -OCH3 is 1. The van der Waals surface area contributed by atoms with Crippen molar-refractivity contribution in [3.8, 4) is 11.5 Å². The Hall–Kier alpha value is -1.71. The lowest BCUT2D eigenvalue weighted by Crippen LogP contribution is -2.03. The molecule has 0 radical (unpaired) electrons. The average Bonchev–Trinajstić information content (AvgIpc) is 2.82. The summed E-state index contributed by atoms with van der Waals surface area (Å²) in [6.45, 7) is 3.88. The number of phenolic OH excluding ortho intramolecular Hbond substituents is 1. The molecule has 4 nitrogen and oxygen atoms in total. The maximum atomic E-state index is 11.1. The smallest absolute Gasteiger partial charge is 0.307 e. The Balaban J connectivity index is 2.34. The number of ether oxygens (including phenoxy) is 1. The lowest BCUT2D eigenvalue weighted by Gasteiger charge is -2.07. The first-order valence-electron chi connectivity index (χ1n) is 5.49. The van der Waals surface area contributed by atoms with Gasteiger partial charge in [-0.1, -0.05) is 19.9 Å². The van der Waals surface area contributed by atoms with E-state index in [0.717, 1.165) is 5.56 Å². The summed E-state index contributed by atoms with van der Waals surface area (Å²) >= 11 is 0. The molecule has 1 aliphatic rings. The largest absolute Gasteiger partial charge is 0.504 e. The van der Waals surface area contributed by atoms with Crippen molar-refractivity contribution in [1.82, 2.24) is 0 Å². The van der Waals surface area contributed by atoms with Crippen molar-refractivity contribution in [1.29, 1.82) is 0 Å². The monoisotopic (exact) mass is 236 g/mol. The van der Waals surface area contributed by atoms with Crippen LogP contribution in [0.3, 0.4) is 0 Å². The van der Waals surface area contributed by atoms with Crippen LogP contribution < -0.4 is 4.74 Å². The minimum absolute atomic E-state index is 0.0190. The quantitative estimate of drug-likeness (QED) is 0.844. The van der Waals surface area contributed by atoms with E-state index in [0.29, 0.717) is 5.75 Å². The molecule has 1 fully saturated rings. The molecule has 1 aromatic rings. The molecule has 1 aromatic carbocycles. The van der Waals surface area contributed by atoms with Crippen molar-refractivity contribution >= 4 is 5.97 Å². The van der Waals surface area contributed by atoms with Gasteiger partial charge in [-0.2, -0.15) is 0 Å². The van der Waals surface area contributed by atoms with Crippen LogP contribution in [0.15, 0.2) is 18.2 Å². The number of aliphatic carboxylic acids is 1. The Morgan fingerprint density at radius 1 is 1.41 bits per heavy atom. The van der Waals surface area contributed by atoms with Gasteiger partial charge in [0.05, 0.1) is 13.0 Å². The molecule has 92 valence electrons. The van der Waals surface area contributed by atoms with Crippen LogP contribution in [-0.2, 0) is 4.79 Å². The van der Waals surface area contributed by atoms with E-state index in [4.69, 9.17) is 9.84 Å². The zero-order chi connectivity index (χ0) is 12.8. The molecular formula is C13H16O4.